The molecule has 0 spiro atoms. The number of sulfonamides is 2. The molecule has 1 heterocycles. The standard InChI is InChI=1S/C20H15Cl3FN5O6S2/c1-36(31,32)29(37(2,33)34)20-27-16(18(23)28-20)19(30)26-9-11-3-4-14(22)17(15(11)24)35-13-6-10(8-25)5-12(21)7-13/h3-7H,9H2,1-2H3,(H,26,30)(H,27,28). The Morgan fingerprint density at radius 2 is 1.81 bits per heavy atom. The van der Waals surface area contributed by atoms with E-state index in [1.54, 1.807) is 0 Å². The molecule has 0 saturated heterocycles. The number of carbonyl (C=O) groups is 1. The molecule has 0 atom stereocenters. The van der Waals surface area contributed by atoms with Gasteiger partial charge in [0.05, 0.1) is 29.2 Å². The van der Waals surface area contributed by atoms with Crippen molar-refractivity contribution in [2.45, 2.75) is 6.54 Å². The Morgan fingerprint density at radius 3 is 2.41 bits per heavy atom. The molecule has 0 unspecified atom stereocenters. The fourth-order valence-corrected chi connectivity index (χ4v) is 6.40. The van der Waals surface area contributed by atoms with Crippen molar-refractivity contribution in [2.75, 3.05) is 16.2 Å². The summed E-state index contributed by atoms with van der Waals surface area (Å²) in [6.45, 7) is -0.413. The van der Waals surface area contributed by atoms with Gasteiger partial charge in [-0.25, -0.2) is 21.2 Å². The van der Waals surface area contributed by atoms with Crippen LogP contribution >= 0.6 is 34.8 Å². The zero-order valence-corrected chi connectivity index (χ0v) is 22.6. The van der Waals surface area contributed by atoms with Crippen molar-refractivity contribution >= 4 is 66.7 Å². The Morgan fingerprint density at radius 1 is 1.16 bits per heavy atom. The maximum absolute atomic E-state index is 15.2. The number of ether oxygens (including phenoxy) is 1. The maximum atomic E-state index is 15.2. The summed E-state index contributed by atoms with van der Waals surface area (Å²) in [6, 6.07) is 8.53. The first-order valence-electron chi connectivity index (χ1n) is 9.71. The molecule has 3 aromatic rings. The summed E-state index contributed by atoms with van der Waals surface area (Å²) >= 11 is 17.9. The first-order chi connectivity index (χ1) is 17.1. The Hall–Kier alpha value is -3.09. The molecular formula is C20H15Cl3FN5O6S2. The Balaban J connectivity index is 1.85. The molecule has 0 aliphatic carbocycles. The van der Waals surface area contributed by atoms with Crippen LogP contribution in [0.25, 0.3) is 0 Å². The second kappa shape index (κ2) is 10.7. The lowest BCUT2D eigenvalue weighted by Crippen LogP contribution is -2.36. The maximum Gasteiger partial charge on any atom is 0.271 e. The number of nitriles is 1. The van der Waals surface area contributed by atoms with E-state index in [1.165, 1.54) is 30.3 Å². The predicted octanol–water partition coefficient (Wildman–Crippen LogP) is 3.83. The van der Waals surface area contributed by atoms with Gasteiger partial charge in [-0.3, -0.25) is 4.79 Å². The van der Waals surface area contributed by atoms with Crippen LogP contribution in [0.1, 0.15) is 21.6 Å². The van der Waals surface area contributed by atoms with Gasteiger partial charge in [-0.2, -0.15) is 10.2 Å². The first-order valence-corrected chi connectivity index (χ1v) is 14.5. The summed E-state index contributed by atoms with van der Waals surface area (Å²) in [5.41, 5.74) is -0.369. The summed E-state index contributed by atoms with van der Waals surface area (Å²) in [4.78, 5) is 18.5. The van der Waals surface area contributed by atoms with E-state index in [9.17, 15) is 21.6 Å². The first kappa shape index (κ1) is 28.5. The molecule has 2 aromatic carbocycles. The molecule has 0 saturated carbocycles. The number of nitrogens with zero attached hydrogens (tertiary/aromatic N) is 3. The number of benzene rings is 2. The number of halogens is 4. The number of amides is 1. The Labute approximate surface area is 225 Å². The van der Waals surface area contributed by atoms with Gasteiger partial charge < -0.3 is 15.0 Å². The van der Waals surface area contributed by atoms with Gasteiger partial charge in [0.15, 0.2) is 16.7 Å². The minimum absolute atomic E-state index is 0.0291. The molecule has 0 aliphatic heterocycles. The Bertz CT molecular complexity index is 1620. The molecule has 37 heavy (non-hydrogen) atoms. The second-order valence-electron chi connectivity index (χ2n) is 7.37. The lowest BCUT2D eigenvalue weighted by molar-refractivity contribution is 0.0946. The monoisotopic (exact) mass is 609 g/mol. The van der Waals surface area contributed by atoms with Crippen molar-refractivity contribution < 1.29 is 30.8 Å². The topological polar surface area (TPSA) is 162 Å². The third kappa shape index (κ3) is 6.62. The highest BCUT2D eigenvalue weighted by molar-refractivity contribution is 8.09. The number of aromatic nitrogens is 2. The van der Waals surface area contributed by atoms with Crippen molar-refractivity contribution in [1.29, 1.82) is 5.26 Å². The third-order valence-electron chi connectivity index (χ3n) is 4.44. The molecule has 2 N–H and O–H groups in total. The average Bonchev–Trinajstić information content (AvgIpc) is 3.13. The molecule has 1 aromatic heterocycles. The molecule has 0 radical (unpaired) electrons. The normalized spacial score (nSPS) is 11.6. The van der Waals surface area contributed by atoms with Crippen molar-refractivity contribution in [3.8, 4) is 17.6 Å². The van der Waals surface area contributed by atoms with E-state index in [2.05, 4.69) is 15.3 Å². The van der Waals surface area contributed by atoms with E-state index >= 15 is 4.39 Å². The molecule has 11 nitrogen and oxygen atoms in total. The molecule has 3 rings (SSSR count). The largest absolute Gasteiger partial charge is 0.453 e. The van der Waals surface area contributed by atoms with E-state index in [0.29, 0.717) is 12.5 Å². The van der Waals surface area contributed by atoms with Crippen molar-refractivity contribution in [2.24, 2.45) is 0 Å². The van der Waals surface area contributed by atoms with Gasteiger partial charge in [-0.1, -0.05) is 40.9 Å². The van der Waals surface area contributed by atoms with Crippen molar-refractivity contribution in [1.82, 2.24) is 15.3 Å². The molecule has 0 bridgehead atoms. The van der Waals surface area contributed by atoms with Crippen LogP contribution in [0.4, 0.5) is 10.3 Å². The average molecular weight is 611 g/mol. The highest BCUT2D eigenvalue weighted by atomic mass is 35.5. The zero-order chi connectivity index (χ0) is 27.7. The van der Waals surface area contributed by atoms with Crippen LogP contribution in [0.5, 0.6) is 11.5 Å². The summed E-state index contributed by atoms with van der Waals surface area (Å²) in [5, 5.41) is 11.0. The van der Waals surface area contributed by atoms with Gasteiger partial charge in [0.25, 0.3) is 5.91 Å². The number of carbonyl (C=O) groups excluding carboxylic acids is 1. The van der Waals surface area contributed by atoms with E-state index in [-0.39, 0.29) is 30.6 Å². The van der Waals surface area contributed by atoms with Crippen LogP contribution in [0.2, 0.25) is 15.2 Å². The van der Waals surface area contributed by atoms with E-state index in [4.69, 9.17) is 44.8 Å². The summed E-state index contributed by atoms with van der Waals surface area (Å²) in [5.74, 6) is -2.95. The lowest BCUT2D eigenvalue weighted by Gasteiger charge is -2.16. The lowest BCUT2D eigenvalue weighted by atomic mass is 10.2. The van der Waals surface area contributed by atoms with Gasteiger partial charge in [0.2, 0.25) is 26.0 Å². The molecular weight excluding hydrogens is 596 g/mol. The second-order valence-corrected chi connectivity index (χ2v) is 12.5. The summed E-state index contributed by atoms with van der Waals surface area (Å²) in [6.07, 6.45) is 1.25. The van der Waals surface area contributed by atoms with Crippen LogP contribution in [0.3, 0.4) is 0 Å². The van der Waals surface area contributed by atoms with Crippen molar-refractivity contribution in [3.63, 3.8) is 0 Å². The van der Waals surface area contributed by atoms with Gasteiger partial charge in [-0.05, 0) is 24.3 Å². The number of nitrogens with one attached hydrogen (secondary N) is 2. The van der Waals surface area contributed by atoms with Crippen LogP contribution in [0, 0.1) is 17.1 Å². The van der Waals surface area contributed by atoms with Crippen LogP contribution in [-0.2, 0) is 26.6 Å². The highest BCUT2D eigenvalue weighted by Gasteiger charge is 2.32. The van der Waals surface area contributed by atoms with Gasteiger partial charge >= 0.3 is 0 Å². The molecule has 1 amide bonds. The number of imidazole rings is 1. The summed E-state index contributed by atoms with van der Waals surface area (Å²) < 4.78 is 68.3. The number of H-pyrrole nitrogens is 1. The number of hydrogen-bond acceptors (Lipinski definition) is 8. The van der Waals surface area contributed by atoms with Crippen LogP contribution in [-0.4, -0.2) is 45.2 Å². The summed E-state index contributed by atoms with van der Waals surface area (Å²) in [7, 11) is -8.70. The highest BCUT2D eigenvalue weighted by Crippen LogP contribution is 2.35. The number of aromatic amines is 1. The molecule has 17 heteroatoms. The smallest absolute Gasteiger partial charge is 0.271 e. The van der Waals surface area contributed by atoms with E-state index in [0.717, 1.165) is 0 Å². The van der Waals surface area contributed by atoms with Gasteiger partial charge in [-0.15, -0.1) is 3.71 Å². The van der Waals surface area contributed by atoms with Gasteiger partial charge in [0.1, 0.15) is 11.4 Å². The fourth-order valence-electron chi connectivity index (χ4n) is 3.01. The predicted molar refractivity (Wildman–Crippen MR) is 135 cm³/mol. The number of hydrogen-bond donors (Lipinski definition) is 2. The third-order valence-corrected chi connectivity index (χ3v) is 8.40. The number of rotatable bonds is 8. The van der Waals surface area contributed by atoms with Gasteiger partial charge in [0, 0.05) is 17.1 Å². The van der Waals surface area contributed by atoms with E-state index < -0.39 is 60.9 Å². The SMILES string of the molecule is CS(=O)(=O)N(c1nc(Cl)c(C(=O)NCc2ccc(Cl)c(Oc3cc(Cl)cc(C#N)c3)c2F)[nH]1)S(C)(=O)=O. The van der Waals surface area contributed by atoms with Crippen LogP contribution in [0.15, 0.2) is 30.3 Å². The zero-order valence-electron chi connectivity index (χ0n) is 18.7. The molecule has 196 valence electrons. The number of anilines is 1. The fraction of sp³-hybridized carbons (Fsp3) is 0.150. The minimum Gasteiger partial charge on any atom is -0.453 e. The van der Waals surface area contributed by atoms with Crippen molar-refractivity contribution in [3.05, 3.63) is 68.2 Å². The molecule has 0 aliphatic rings. The molecule has 0 fully saturated rings. The quantitative estimate of drug-likeness (QED) is 0.389. The Kier molecular flexibility index (Phi) is 8.25. The van der Waals surface area contributed by atoms with E-state index in [1.807, 2.05) is 6.07 Å². The van der Waals surface area contributed by atoms with Crippen LogP contribution < -0.4 is 13.8 Å². The minimum atomic E-state index is -4.35.